The highest BCUT2D eigenvalue weighted by Crippen LogP contribution is 2.24. The molecule has 2 saturated heterocycles. The Morgan fingerprint density at radius 1 is 1.02 bits per heavy atom. The van der Waals surface area contributed by atoms with Gasteiger partial charge in [-0.15, -0.1) is 0 Å². The first-order valence-electron chi connectivity index (χ1n) is 13.9. The van der Waals surface area contributed by atoms with E-state index in [1.807, 2.05) is 17.0 Å². The molecule has 4 heterocycles. The molecule has 4 aromatic rings. The summed E-state index contributed by atoms with van der Waals surface area (Å²) in [6, 6.07) is 15.2. The minimum absolute atomic E-state index is 0.0881. The lowest BCUT2D eigenvalue weighted by Gasteiger charge is -2.36. The van der Waals surface area contributed by atoms with Crippen molar-refractivity contribution in [2.45, 2.75) is 6.42 Å². The number of piperazine rings is 1. The fourth-order valence-electron chi connectivity index (χ4n) is 5.54. The predicted molar refractivity (Wildman–Crippen MR) is 157 cm³/mol. The summed E-state index contributed by atoms with van der Waals surface area (Å²) in [6.07, 6.45) is 4.14. The van der Waals surface area contributed by atoms with Crippen LogP contribution in [0.1, 0.15) is 12.1 Å². The van der Waals surface area contributed by atoms with Crippen LogP contribution in [0.25, 0.3) is 22.3 Å². The largest absolute Gasteiger partial charge is 0.368 e. The van der Waals surface area contributed by atoms with Crippen LogP contribution < -0.4 is 15.7 Å². The maximum atomic E-state index is 13.1. The van der Waals surface area contributed by atoms with Crippen molar-refractivity contribution >= 4 is 39.9 Å². The van der Waals surface area contributed by atoms with E-state index in [0.717, 1.165) is 24.3 Å². The van der Waals surface area contributed by atoms with Crippen LogP contribution in [0.2, 0.25) is 0 Å². The van der Waals surface area contributed by atoms with Gasteiger partial charge in [-0.05, 0) is 61.5 Å². The third-order valence-corrected chi connectivity index (χ3v) is 7.87. The summed E-state index contributed by atoms with van der Waals surface area (Å²) in [5.74, 6) is 0.212. The Hall–Kier alpha value is -4.88. The number of nitrogens with zero attached hydrogens (tertiary/aromatic N) is 6. The zero-order valence-corrected chi connectivity index (χ0v) is 23.0. The minimum atomic E-state index is -0.240. The highest BCUT2D eigenvalue weighted by atomic mass is 16.5. The van der Waals surface area contributed by atoms with Gasteiger partial charge in [0.25, 0.3) is 0 Å². The number of aromatic amines is 1. The number of carbonyl (C=O) groups is 2. The number of H-pyrrole nitrogens is 1. The number of anilines is 2. The number of rotatable bonds is 7. The Kier molecular flexibility index (Phi) is 7.75. The molecule has 0 radical (unpaired) electrons. The van der Waals surface area contributed by atoms with Crippen LogP contribution in [0, 0.1) is 11.3 Å². The topological polar surface area (TPSA) is 166 Å². The average Bonchev–Trinajstić information content (AvgIpc) is 3.68. The first-order valence-corrected chi connectivity index (χ1v) is 13.9. The van der Waals surface area contributed by atoms with Crippen molar-refractivity contribution in [2.75, 3.05) is 56.0 Å². The SMILES string of the molecule is N=C(NO)c1n[nH]c2ccc(NC(=O)[C@@H]3CCN(CC(=O)N4CCN(c5ccc(-c6ncccn6)cc5)CC4)C3)cc12. The van der Waals surface area contributed by atoms with Gasteiger partial charge in [0.05, 0.1) is 18.0 Å². The van der Waals surface area contributed by atoms with Crippen molar-refractivity contribution in [3.63, 3.8) is 0 Å². The van der Waals surface area contributed by atoms with E-state index < -0.39 is 0 Å². The van der Waals surface area contributed by atoms with Crippen LogP contribution in [0.5, 0.6) is 0 Å². The van der Waals surface area contributed by atoms with E-state index in [-0.39, 0.29) is 29.3 Å². The zero-order valence-electron chi connectivity index (χ0n) is 23.0. The molecule has 2 amide bonds. The number of hydroxylamine groups is 1. The first kappa shape index (κ1) is 27.3. The van der Waals surface area contributed by atoms with Gasteiger partial charge in [-0.1, -0.05) is 0 Å². The fourth-order valence-corrected chi connectivity index (χ4v) is 5.54. The third-order valence-electron chi connectivity index (χ3n) is 7.87. The number of likely N-dealkylation sites (tertiary alicyclic amines) is 1. The van der Waals surface area contributed by atoms with E-state index >= 15 is 0 Å². The maximum absolute atomic E-state index is 13.1. The van der Waals surface area contributed by atoms with E-state index in [9.17, 15) is 9.59 Å². The molecule has 13 heteroatoms. The van der Waals surface area contributed by atoms with Crippen LogP contribution in [-0.2, 0) is 9.59 Å². The van der Waals surface area contributed by atoms with Gasteiger partial charge in [-0.2, -0.15) is 5.10 Å². The maximum Gasteiger partial charge on any atom is 0.236 e. The van der Waals surface area contributed by atoms with Gasteiger partial charge in [0.2, 0.25) is 11.8 Å². The number of hydrogen-bond acceptors (Lipinski definition) is 9. The molecule has 2 aliphatic heterocycles. The van der Waals surface area contributed by atoms with Gasteiger partial charge in [0.1, 0.15) is 5.69 Å². The van der Waals surface area contributed by atoms with Crippen LogP contribution in [-0.4, -0.2) is 98.6 Å². The Labute approximate surface area is 242 Å². The van der Waals surface area contributed by atoms with Crippen LogP contribution in [0.4, 0.5) is 11.4 Å². The number of nitrogens with one attached hydrogen (secondary N) is 4. The smallest absolute Gasteiger partial charge is 0.236 e. The Morgan fingerprint density at radius 2 is 1.79 bits per heavy atom. The number of carbonyl (C=O) groups excluding carboxylic acids is 2. The second-order valence-corrected chi connectivity index (χ2v) is 10.5. The quantitative estimate of drug-likeness (QED) is 0.127. The average molecular weight is 569 g/mol. The van der Waals surface area contributed by atoms with Gasteiger partial charge in [-0.3, -0.25) is 35.7 Å². The standard InChI is InChI=1S/C29H32N10O3/c30-27(36-42)26-23-16-21(4-7-24(23)34-35-26)33-29(41)20-8-11-37(17-20)18-25(40)39-14-12-38(13-15-39)22-5-2-19(3-6-22)28-31-9-1-10-32-28/h1-7,9-10,16,20,42H,8,11-15,17-18H2,(H2,30,36)(H,33,41)(H,34,35)/t20-/m1/s1. The van der Waals surface area contributed by atoms with Crippen LogP contribution >= 0.6 is 0 Å². The number of aromatic nitrogens is 4. The number of benzene rings is 2. The summed E-state index contributed by atoms with van der Waals surface area (Å²) in [5.41, 5.74) is 5.40. The fraction of sp³-hybridized carbons (Fsp3) is 0.310. The third kappa shape index (κ3) is 5.78. The lowest BCUT2D eigenvalue weighted by molar-refractivity contribution is -0.132. The van der Waals surface area contributed by atoms with Gasteiger partial charge in [0, 0.05) is 67.4 Å². The van der Waals surface area contributed by atoms with E-state index in [4.69, 9.17) is 10.6 Å². The molecule has 2 aliphatic rings. The molecule has 0 saturated carbocycles. The molecule has 0 unspecified atom stereocenters. The van der Waals surface area contributed by atoms with E-state index in [1.54, 1.807) is 42.1 Å². The van der Waals surface area contributed by atoms with Crippen molar-refractivity contribution in [3.05, 3.63) is 66.6 Å². The summed E-state index contributed by atoms with van der Waals surface area (Å²) in [7, 11) is 0. The van der Waals surface area contributed by atoms with E-state index in [2.05, 4.69) is 47.4 Å². The predicted octanol–water partition coefficient (Wildman–Crippen LogP) is 1.93. The van der Waals surface area contributed by atoms with Gasteiger partial charge in [0.15, 0.2) is 11.7 Å². The summed E-state index contributed by atoms with van der Waals surface area (Å²) in [5, 5.41) is 27.3. The monoisotopic (exact) mass is 568 g/mol. The van der Waals surface area contributed by atoms with E-state index in [0.29, 0.717) is 61.6 Å². The molecule has 6 rings (SSSR count). The van der Waals surface area contributed by atoms with Crippen LogP contribution in [0.3, 0.4) is 0 Å². The number of hydrogen-bond donors (Lipinski definition) is 5. The Balaban J connectivity index is 0.976. The molecule has 5 N–H and O–H groups in total. The first-order chi connectivity index (χ1) is 20.5. The summed E-state index contributed by atoms with van der Waals surface area (Å²) in [4.78, 5) is 40.9. The molecule has 1 atom stereocenters. The zero-order chi connectivity index (χ0) is 29.1. The highest BCUT2D eigenvalue weighted by molar-refractivity contribution is 6.07. The lowest BCUT2D eigenvalue weighted by Crippen LogP contribution is -2.51. The number of amidine groups is 1. The van der Waals surface area contributed by atoms with Crippen molar-refractivity contribution < 1.29 is 14.8 Å². The number of fused-ring (bicyclic) bond motifs is 1. The molecule has 42 heavy (non-hydrogen) atoms. The molecule has 2 aromatic heterocycles. The molecule has 0 aliphatic carbocycles. The second kappa shape index (κ2) is 11.9. The summed E-state index contributed by atoms with van der Waals surface area (Å²) < 4.78 is 0. The molecule has 2 fully saturated rings. The molecule has 13 nitrogen and oxygen atoms in total. The molecule has 2 aromatic carbocycles. The van der Waals surface area contributed by atoms with Gasteiger partial charge >= 0.3 is 0 Å². The van der Waals surface area contributed by atoms with E-state index in [1.165, 1.54) is 0 Å². The van der Waals surface area contributed by atoms with Crippen molar-refractivity contribution in [1.29, 1.82) is 5.41 Å². The molecular formula is C29H32N10O3. The summed E-state index contributed by atoms with van der Waals surface area (Å²) in [6.45, 7) is 4.34. The normalized spacial score (nSPS) is 17.4. The number of amides is 2. The van der Waals surface area contributed by atoms with Crippen molar-refractivity contribution in [2.24, 2.45) is 5.92 Å². The van der Waals surface area contributed by atoms with Crippen LogP contribution in [0.15, 0.2) is 60.9 Å². The second-order valence-electron chi connectivity index (χ2n) is 10.5. The van der Waals surface area contributed by atoms with Gasteiger partial charge in [-0.25, -0.2) is 9.97 Å². The van der Waals surface area contributed by atoms with Crippen molar-refractivity contribution in [3.8, 4) is 11.4 Å². The molecule has 0 bridgehead atoms. The van der Waals surface area contributed by atoms with Gasteiger partial charge < -0.3 is 15.1 Å². The molecule has 216 valence electrons. The molecule has 0 spiro atoms. The lowest BCUT2D eigenvalue weighted by atomic mass is 10.1. The molecular weight excluding hydrogens is 536 g/mol. The highest BCUT2D eigenvalue weighted by Gasteiger charge is 2.31. The Bertz CT molecular complexity index is 1580. The summed E-state index contributed by atoms with van der Waals surface area (Å²) >= 11 is 0. The van der Waals surface area contributed by atoms with Crippen molar-refractivity contribution in [1.82, 2.24) is 35.4 Å². The minimum Gasteiger partial charge on any atom is -0.368 e. The Morgan fingerprint density at radius 3 is 2.52 bits per heavy atom.